The third-order valence-corrected chi connectivity index (χ3v) is 5.33. The van der Waals surface area contributed by atoms with Crippen molar-refractivity contribution < 1.29 is 14.4 Å². The van der Waals surface area contributed by atoms with Gasteiger partial charge in [-0.3, -0.25) is 29.1 Å². The lowest BCUT2D eigenvalue weighted by Crippen LogP contribution is -2.37. The lowest BCUT2D eigenvalue weighted by atomic mass is 10.0. The van der Waals surface area contributed by atoms with E-state index in [0.29, 0.717) is 23.2 Å². The second kappa shape index (κ2) is 8.39. The number of H-pyrrole nitrogens is 1. The lowest BCUT2D eigenvalue weighted by molar-refractivity contribution is -0.124. The molecule has 9 heteroatoms. The van der Waals surface area contributed by atoms with Crippen molar-refractivity contribution in [1.82, 2.24) is 20.2 Å². The zero-order chi connectivity index (χ0) is 20.3. The second-order valence-electron chi connectivity index (χ2n) is 6.33. The van der Waals surface area contributed by atoms with Gasteiger partial charge >= 0.3 is 0 Å². The number of pyridine rings is 2. The van der Waals surface area contributed by atoms with Crippen LogP contribution in [0.2, 0.25) is 0 Å². The number of nitrogens with one attached hydrogen (secondary N) is 2. The molecule has 0 unspecified atom stereocenters. The van der Waals surface area contributed by atoms with E-state index in [1.165, 1.54) is 6.20 Å². The van der Waals surface area contributed by atoms with Crippen molar-refractivity contribution in [3.63, 3.8) is 0 Å². The van der Waals surface area contributed by atoms with Crippen LogP contribution in [0.25, 0.3) is 11.1 Å². The fourth-order valence-corrected chi connectivity index (χ4v) is 3.67. The number of hydrogen-bond acceptors (Lipinski definition) is 6. The Kier molecular flexibility index (Phi) is 5.93. The average molecular weight is 400 g/mol. The summed E-state index contributed by atoms with van der Waals surface area (Å²) in [5.41, 5.74) is 3.13. The Morgan fingerprint density at radius 1 is 1.29 bits per heavy atom. The molecule has 28 heavy (non-hydrogen) atoms. The summed E-state index contributed by atoms with van der Waals surface area (Å²) in [6.45, 7) is 4.01. The van der Waals surface area contributed by atoms with Gasteiger partial charge in [0, 0.05) is 47.9 Å². The molecule has 0 bridgehead atoms. The fourth-order valence-electron chi connectivity index (χ4n) is 2.92. The molecule has 0 aliphatic carbocycles. The molecular formula is C19H20N4O4S. The number of imide groups is 1. The molecule has 0 atom stereocenters. The van der Waals surface area contributed by atoms with E-state index in [9.17, 15) is 19.2 Å². The molecule has 0 saturated carbocycles. The number of nitrogens with zero attached hydrogens (tertiary/aromatic N) is 2. The van der Waals surface area contributed by atoms with E-state index >= 15 is 0 Å². The molecule has 8 nitrogen and oxygen atoms in total. The minimum Gasteiger partial charge on any atom is -0.350 e. The standard InChI is InChI=1S/C19H20N4O4S/c1-3-12-7-15(11(2)22-18(12)26)13-6-14(9-20-8-13)17(25)21-4-5-23-16(24)10-28-19(23)27/h6-9H,3-5,10H2,1-2H3,(H,21,25)(H,22,26). The maximum Gasteiger partial charge on any atom is 0.288 e. The first-order valence-corrected chi connectivity index (χ1v) is 9.82. The van der Waals surface area contributed by atoms with Gasteiger partial charge in [-0.2, -0.15) is 0 Å². The van der Waals surface area contributed by atoms with Crippen molar-refractivity contribution in [3.05, 3.63) is 51.7 Å². The summed E-state index contributed by atoms with van der Waals surface area (Å²) in [6.07, 6.45) is 3.68. The molecule has 0 aromatic carbocycles. The van der Waals surface area contributed by atoms with Crippen LogP contribution in [0.3, 0.4) is 0 Å². The SMILES string of the molecule is CCc1cc(-c2cncc(C(=O)NCCN3C(=O)CSC3=O)c2)c(C)[nH]c1=O. The van der Waals surface area contributed by atoms with Gasteiger partial charge < -0.3 is 10.3 Å². The lowest BCUT2D eigenvalue weighted by Gasteiger charge is -2.13. The zero-order valence-electron chi connectivity index (χ0n) is 15.6. The summed E-state index contributed by atoms with van der Waals surface area (Å²) in [5, 5.41) is 2.41. The molecule has 0 spiro atoms. The zero-order valence-corrected chi connectivity index (χ0v) is 16.4. The number of carbonyl (C=O) groups is 3. The summed E-state index contributed by atoms with van der Waals surface area (Å²) in [6, 6.07) is 3.51. The summed E-state index contributed by atoms with van der Waals surface area (Å²) in [5.74, 6) is -0.441. The van der Waals surface area contributed by atoms with Gasteiger partial charge in [-0.05, 0) is 25.5 Å². The number of thioether (sulfide) groups is 1. The molecule has 1 fully saturated rings. The summed E-state index contributed by atoms with van der Waals surface area (Å²) in [4.78, 5) is 55.6. The van der Waals surface area contributed by atoms with Crippen LogP contribution in [-0.4, -0.2) is 50.8 Å². The van der Waals surface area contributed by atoms with Crippen molar-refractivity contribution in [1.29, 1.82) is 0 Å². The van der Waals surface area contributed by atoms with Crippen molar-refractivity contribution in [2.75, 3.05) is 18.8 Å². The highest BCUT2D eigenvalue weighted by Crippen LogP contribution is 2.22. The van der Waals surface area contributed by atoms with Gasteiger partial charge in [0.2, 0.25) is 5.91 Å². The third kappa shape index (κ3) is 4.14. The van der Waals surface area contributed by atoms with Crippen LogP contribution < -0.4 is 10.9 Å². The molecule has 3 heterocycles. The number of aromatic amines is 1. The van der Waals surface area contributed by atoms with Gasteiger partial charge in [-0.1, -0.05) is 18.7 Å². The Labute approximate surface area is 165 Å². The van der Waals surface area contributed by atoms with E-state index in [-0.39, 0.29) is 41.5 Å². The van der Waals surface area contributed by atoms with E-state index in [1.807, 2.05) is 13.0 Å². The number of aryl methyl sites for hydroxylation is 2. The van der Waals surface area contributed by atoms with E-state index in [1.54, 1.807) is 19.2 Å². The molecule has 1 saturated heterocycles. The number of hydrogen-bond donors (Lipinski definition) is 2. The first-order valence-electron chi connectivity index (χ1n) is 8.84. The Bertz CT molecular complexity index is 986. The highest BCUT2D eigenvalue weighted by atomic mass is 32.2. The Hall–Kier alpha value is -2.94. The fraction of sp³-hybridized carbons (Fsp3) is 0.316. The molecule has 1 aliphatic heterocycles. The first kappa shape index (κ1) is 19.8. The largest absolute Gasteiger partial charge is 0.350 e. The summed E-state index contributed by atoms with van der Waals surface area (Å²) < 4.78 is 0. The highest BCUT2D eigenvalue weighted by Gasteiger charge is 2.29. The van der Waals surface area contributed by atoms with Crippen molar-refractivity contribution >= 4 is 28.8 Å². The predicted octanol–water partition coefficient (Wildman–Crippen LogP) is 1.73. The third-order valence-electron chi connectivity index (χ3n) is 4.47. The summed E-state index contributed by atoms with van der Waals surface area (Å²) in [7, 11) is 0. The number of amides is 3. The molecule has 2 N–H and O–H groups in total. The van der Waals surface area contributed by atoms with E-state index in [0.717, 1.165) is 27.8 Å². The van der Waals surface area contributed by atoms with Crippen molar-refractivity contribution in [2.45, 2.75) is 20.3 Å². The van der Waals surface area contributed by atoms with Gasteiger partial charge in [0.15, 0.2) is 0 Å². The maximum atomic E-state index is 12.4. The molecule has 2 aromatic rings. The highest BCUT2D eigenvalue weighted by molar-refractivity contribution is 8.14. The van der Waals surface area contributed by atoms with Crippen LogP contribution in [0.4, 0.5) is 4.79 Å². The summed E-state index contributed by atoms with van der Waals surface area (Å²) >= 11 is 0.963. The molecule has 1 aliphatic rings. The van der Waals surface area contributed by atoms with Crippen LogP contribution in [0.5, 0.6) is 0 Å². The Balaban J connectivity index is 1.72. The van der Waals surface area contributed by atoms with Gasteiger partial charge in [-0.15, -0.1) is 0 Å². The molecule has 3 amide bonds. The minimum atomic E-state index is -0.348. The van der Waals surface area contributed by atoms with Crippen LogP contribution in [0.1, 0.15) is 28.5 Å². The van der Waals surface area contributed by atoms with E-state index in [4.69, 9.17) is 0 Å². The van der Waals surface area contributed by atoms with Gasteiger partial charge in [-0.25, -0.2) is 0 Å². The Morgan fingerprint density at radius 3 is 2.75 bits per heavy atom. The number of carbonyl (C=O) groups excluding carboxylic acids is 3. The van der Waals surface area contributed by atoms with Crippen LogP contribution in [0.15, 0.2) is 29.3 Å². The van der Waals surface area contributed by atoms with Crippen LogP contribution >= 0.6 is 11.8 Å². The van der Waals surface area contributed by atoms with Crippen LogP contribution in [0, 0.1) is 6.92 Å². The Morgan fingerprint density at radius 2 is 2.07 bits per heavy atom. The molecule has 0 radical (unpaired) electrons. The van der Waals surface area contributed by atoms with E-state index in [2.05, 4.69) is 15.3 Å². The smallest absolute Gasteiger partial charge is 0.288 e. The minimum absolute atomic E-state index is 0.116. The van der Waals surface area contributed by atoms with Gasteiger partial charge in [0.05, 0.1) is 11.3 Å². The molecule has 2 aromatic heterocycles. The normalized spacial score (nSPS) is 13.9. The number of aromatic nitrogens is 2. The monoisotopic (exact) mass is 400 g/mol. The molecule has 3 rings (SSSR count). The van der Waals surface area contributed by atoms with Crippen LogP contribution in [-0.2, 0) is 11.2 Å². The first-order chi connectivity index (χ1) is 13.4. The van der Waals surface area contributed by atoms with E-state index < -0.39 is 0 Å². The average Bonchev–Trinajstić information content (AvgIpc) is 3.00. The maximum absolute atomic E-state index is 12.4. The number of rotatable bonds is 6. The van der Waals surface area contributed by atoms with Crippen molar-refractivity contribution in [2.24, 2.45) is 0 Å². The van der Waals surface area contributed by atoms with Crippen molar-refractivity contribution in [3.8, 4) is 11.1 Å². The predicted molar refractivity (Wildman–Crippen MR) is 106 cm³/mol. The second-order valence-corrected chi connectivity index (χ2v) is 7.26. The molecular weight excluding hydrogens is 380 g/mol. The van der Waals surface area contributed by atoms with Gasteiger partial charge in [0.25, 0.3) is 16.7 Å². The molecule has 146 valence electrons. The topological polar surface area (TPSA) is 112 Å². The quantitative estimate of drug-likeness (QED) is 0.764. The van der Waals surface area contributed by atoms with Gasteiger partial charge in [0.1, 0.15) is 0 Å².